The van der Waals surface area contributed by atoms with Crippen LogP contribution in [0.15, 0.2) is 65.1 Å². The van der Waals surface area contributed by atoms with Crippen LogP contribution in [-0.2, 0) is 9.59 Å². The Morgan fingerprint density at radius 2 is 2.04 bits per heavy atom. The molecule has 0 aliphatic carbocycles. The fraction of sp³-hybridized carbons (Fsp3) is 0.167. The Bertz CT molecular complexity index is 829. The molecule has 134 valence electrons. The molecule has 0 aliphatic rings. The van der Waals surface area contributed by atoms with E-state index in [0.29, 0.717) is 5.69 Å². The molecule has 2 aromatic heterocycles. The van der Waals surface area contributed by atoms with Gasteiger partial charge in [0.05, 0.1) is 5.69 Å². The summed E-state index contributed by atoms with van der Waals surface area (Å²) in [4.78, 5) is 26.4. The van der Waals surface area contributed by atoms with Gasteiger partial charge in [-0.2, -0.15) is 5.10 Å². The molecule has 3 rings (SSSR count). The summed E-state index contributed by atoms with van der Waals surface area (Å²) in [5, 5.41) is 11.6. The minimum atomic E-state index is -0.683. The summed E-state index contributed by atoms with van der Waals surface area (Å²) in [6, 6.07) is 13.0. The van der Waals surface area contributed by atoms with Crippen LogP contribution in [0.3, 0.4) is 0 Å². The third kappa shape index (κ3) is 4.33. The van der Waals surface area contributed by atoms with Crippen molar-refractivity contribution in [2.45, 2.75) is 10.9 Å². The first-order chi connectivity index (χ1) is 12.7. The summed E-state index contributed by atoms with van der Waals surface area (Å²) in [5.41, 5.74) is 0.627. The van der Waals surface area contributed by atoms with Crippen molar-refractivity contribution in [1.29, 1.82) is 0 Å². The molecule has 0 unspecified atom stereocenters. The van der Waals surface area contributed by atoms with Crippen molar-refractivity contribution >= 4 is 40.6 Å². The Morgan fingerprint density at radius 1 is 1.19 bits per heavy atom. The molecule has 8 heteroatoms. The number of thioether (sulfide) groups is 1. The minimum Gasteiger partial charge on any atom is -0.345 e. The normalized spacial score (nSPS) is 11.7. The summed E-state index contributed by atoms with van der Waals surface area (Å²) in [5.74, 6) is -1.36. The SMILES string of the molecule is CSc1ccccc1NC(=O)C(=O)NC[C@H](c1cccs1)n1cccn1. The molecule has 6 nitrogen and oxygen atoms in total. The van der Waals surface area contributed by atoms with Gasteiger partial charge in [0.15, 0.2) is 0 Å². The van der Waals surface area contributed by atoms with E-state index in [-0.39, 0.29) is 12.6 Å². The number of nitrogens with one attached hydrogen (secondary N) is 2. The van der Waals surface area contributed by atoms with E-state index in [9.17, 15) is 9.59 Å². The van der Waals surface area contributed by atoms with E-state index in [4.69, 9.17) is 0 Å². The van der Waals surface area contributed by atoms with Crippen molar-refractivity contribution in [3.8, 4) is 0 Å². The Kier molecular flexibility index (Phi) is 6.08. The molecular formula is C18H18N4O2S2. The minimum absolute atomic E-state index is 0.153. The Morgan fingerprint density at radius 3 is 2.73 bits per heavy atom. The van der Waals surface area contributed by atoms with Crippen LogP contribution in [0.4, 0.5) is 5.69 Å². The first kappa shape index (κ1) is 18.2. The number of rotatable bonds is 6. The number of aromatic nitrogens is 2. The molecule has 0 aliphatic heterocycles. The van der Waals surface area contributed by atoms with Crippen LogP contribution >= 0.6 is 23.1 Å². The number of carbonyl (C=O) groups excluding carboxylic acids is 2. The topological polar surface area (TPSA) is 76.0 Å². The van der Waals surface area contributed by atoms with Gasteiger partial charge >= 0.3 is 11.8 Å². The summed E-state index contributed by atoms with van der Waals surface area (Å²) >= 11 is 3.09. The van der Waals surface area contributed by atoms with Gasteiger partial charge in [-0.1, -0.05) is 18.2 Å². The van der Waals surface area contributed by atoms with Crippen LogP contribution in [0.2, 0.25) is 0 Å². The van der Waals surface area contributed by atoms with Crippen LogP contribution in [0.25, 0.3) is 0 Å². The predicted molar refractivity (Wildman–Crippen MR) is 105 cm³/mol. The van der Waals surface area contributed by atoms with Crippen LogP contribution in [0, 0.1) is 0 Å². The van der Waals surface area contributed by atoms with Gasteiger partial charge in [0, 0.05) is 28.7 Å². The van der Waals surface area contributed by atoms with E-state index in [0.717, 1.165) is 9.77 Å². The average Bonchev–Trinajstić information content (AvgIpc) is 3.36. The zero-order valence-electron chi connectivity index (χ0n) is 14.1. The first-order valence-corrected chi connectivity index (χ1v) is 10.0. The molecule has 2 heterocycles. The number of nitrogens with zero attached hydrogens (tertiary/aromatic N) is 2. The quantitative estimate of drug-likeness (QED) is 0.504. The van der Waals surface area contributed by atoms with Crippen molar-refractivity contribution in [2.24, 2.45) is 0 Å². The van der Waals surface area contributed by atoms with E-state index in [1.54, 1.807) is 28.3 Å². The van der Waals surface area contributed by atoms with E-state index < -0.39 is 11.8 Å². The number of hydrogen-bond donors (Lipinski definition) is 2. The number of amides is 2. The highest BCUT2D eigenvalue weighted by Gasteiger charge is 2.20. The maximum Gasteiger partial charge on any atom is 0.313 e. The maximum absolute atomic E-state index is 12.2. The second-order valence-corrected chi connectivity index (χ2v) is 7.21. The van der Waals surface area contributed by atoms with Gasteiger partial charge < -0.3 is 10.6 Å². The number of carbonyl (C=O) groups is 2. The Hall–Kier alpha value is -2.58. The monoisotopic (exact) mass is 386 g/mol. The fourth-order valence-corrected chi connectivity index (χ4v) is 3.84. The molecule has 1 atom stereocenters. The standard InChI is InChI=1S/C18H18N4O2S2/c1-25-15-7-3-2-6-13(15)21-18(24)17(23)19-12-14(16-8-4-11-26-16)22-10-5-9-20-22/h2-11,14H,12H2,1H3,(H,19,23)(H,21,24)/t14-/m1/s1. The zero-order valence-corrected chi connectivity index (χ0v) is 15.7. The molecule has 0 radical (unpaired) electrons. The summed E-state index contributed by atoms with van der Waals surface area (Å²) in [7, 11) is 0. The number of anilines is 1. The lowest BCUT2D eigenvalue weighted by molar-refractivity contribution is -0.136. The lowest BCUT2D eigenvalue weighted by Crippen LogP contribution is -2.38. The average molecular weight is 387 g/mol. The molecule has 1 aromatic carbocycles. The molecule has 26 heavy (non-hydrogen) atoms. The molecule has 0 spiro atoms. The Balaban J connectivity index is 1.64. The summed E-state index contributed by atoms with van der Waals surface area (Å²) in [6.07, 6.45) is 5.45. The van der Waals surface area contributed by atoms with Crippen molar-refractivity contribution < 1.29 is 9.59 Å². The van der Waals surface area contributed by atoms with Crippen LogP contribution in [0.1, 0.15) is 10.9 Å². The van der Waals surface area contributed by atoms with E-state index in [2.05, 4.69) is 15.7 Å². The van der Waals surface area contributed by atoms with Crippen molar-refractivity contribution in [3.05, 3.63) is 65.1 Å². The second-order valence-electron chi connectivity index (χ2n) is 5.38. The van der Waals surface area contributed by atoms with Crippen molar-refractivity contribution in [1.82, 2.24) is 15.1 Å². The number of thiophene rings is 1. The number of hydrogen-bond acceptors (Lipinski definition) is 5. The highest BCUT2D eigenvalue weighted by atomic mass is 32.2. The maximum atomic E-state index is 12.2. The van der Waals surface area contributed by atoms with Gasteiger partial charge in [-0.05, 0) is 35.9 Å². The molecular weight excluding hydrogens is 368 g/mol. The number of benzene rings is 1. The first-order valence-electron chi connectivity index (χ1n) is 7.93. The zero-order chi connectivity index (χ0) is 18.4. The Labute approximate surface area is 159 Å². The largest absolute Gasteiger partial charge is 0.345 e. The predicted octanol–water partition coefficient (Wildman–Crippen LogP) is 3.01. The van der Waals surface area contributed by atoms with Gasteiger partial charge in [0.25, 0.3) is 0 Å². The van der Waals surface area contributed by atoms with Gasteiger partial charge in [0.1, 0.15) is 6.04 Å². The van der Waals surface area contributed by atoms with Gasteiger partial charge in [-0.3, -0.25) is 14.3 Å². The summed E-state index contributed by atoms with van der Waals surface area (Å²) in [6.45, 7) is 0.276. The van der Waals surface area contributed by atoms with Crippen molar-refractivity contribution in [2.75, 3.05) is 18.1 Å². The number of para-hydroxylation sites is 1. The van der Waals surface area contributed by atoms with Crippen molar-refractivity contribution in [3.63, 3.8) is 0 Å². The van der Waals surface area contributed by atoms with Crippen LogP contribution in [0.5, 0.6) is 0 Å². The lowest BCUT2D eigenvalue weighted by Gasteiger charge is -2.17. The molecule has 0 saturated carbocycles. The molecule has 2 N–H and O–H groups in total. The van der Waals surface area contributed by atoms with Gasteiger partial charge in [0.2, 0.25) is 0 Å². The van der Waals surface area contributed by atoms with E-state index in [1.165, 1.54) is 11.8 Å². The highest BCUT2D eigenvalue weighted by molar-refractivity contribution is 7.98. The summed E-state index contributed by atoms with van der Waals surface area (Å²) < 4.78 is 1.77. The lowest BCUT2D eigenvalue weighted by atomic mass is 10.2. The highest BCUT2D eigenvalue weighted by Crippen LogP contribution is 2.24. The molecule has 2 amide bonds. The fourth-order valence-electron chi connectivity index (χ4n) is 2.47. The third-order valence-corrected chi connectivity index (χ3v) is 5.50. The van der Waals surface area contributed by atoms with Gasteiger partial charge in [-0.15, -0.1) is 23.1 Å². The molecule has 0 fully saturated rings. The van der Waals surface area contributed by atoms with E-state index in [1.807, 2.05) is 54.2 Å². The molecule has 0 saturated heterocycles. The third-order valence-electron chi connectivity index (χ3n) is 3.73. The van der Waals surface area contributed by atoms with Crippen LogP contribution in [-0.4, -0.2) is 34.4 Å². The van der Waals surface area contributed by atoms with E-state index >= 15 is 0 Å². The molecule has 3 aromatic rings. The molecule has 0 bridgehead atoms. The second kappa shape index (κ2) is 8.68. The van der Waals surface area contributed by atoms with Gasteiger partial charge in [-0.25, -0.2) is 0 Å². The smallest absolute Gasteiger partial charge is 0.313 e. The van der Waals surface area contributed by atoms with Crippen LogP contribution < -0.4 is 10.6 Å².